The molecule has 2 aliphatic rings. The van der Waals surface area contributed by atoms with Crippen molar-refractivity contribution in [1.82, 2.24) is 4.90 Å². The van der Waals surface area contributed by atoms with Gasteiger partial charge in [0.2, 0.25) is 0 Å². The fourth-order valence-electron chi connectivity index (χ4n) is 3.47. The van der Waals surface area contributed by atoms with Crippen molar-refractivity contribution in [1.29, 1.82) is 0 Å². The number of rotatable bonds is 4. The first-order valence-electron chi connectivity index (χ1n) is 6.81. The Hall–Kier alpha value is -0.120. The van der Waals surface area contributed by atoms with Crippen LogP contribution in [0.15, 0.2) is 0 Å². The summed E-state index contributed by atoms with van der Waals surface area (Å²) in [6, 6.07) is 0. The fraction of sp³-hybridized carbons (Fsp3) is 1.00. The molecule has 1 aliphatic carbocycles. The Bertz CT molecular complexity index is 214. The summed E-state index contributed by atoms with van der Waals surface area (Å²) in [4.78, 5) is 2.54. The van der Waals surface area contributed by atoms with Gasteiger partial charge in [0.25, 0.3) is 0 Å². The molecule has 1 unspecified atom stereocenters. The summed E-state index contributed by atoms with van der Waals surface area (Å²) in [6.45, 7) is 4.65. The molecular formula is C13H26N2O. The maximum Gasteiger partial charge on any atom is 0.0471 e. The molecular weight excluding hydrogens is 200 g/mol. The van der Waals surface area contributed by atoms with E-state index in [1.54, 1.807) is 0 Å². The third kappa shape index (κ3) is 2.76. The van der Waals surface area contributed by atoms with Gasteiger partial charge in [0.1, 0.15) is 0 Å². The fourth-order valence-corrected chi connectivity index (χ4v) is 3.47. The molecule has 0 spiro atoms. The smallest absolute Gasteiger partial charge is 0.0471 e. The number of likely N-dealkylation sites (tertiary alicyclic amines) is 1. The molecule has 2 fully saturated rings. The van der Waals surface area contributed by atoms with Crippen molar-refractivity contribution in [2.45, 2.75) is 38.5 Å². The van der Waals surface area contributed by atoms with Crippen molar-refractivity contribution in [2.75, 3.05) is 32.8 Å². The lowest BCUT2D eigenvalue weighted by molar-refractivity contribution is 0.0821. The Labute approximate surface area is 99.0 Å². The molecule has 16 heavy (non-hydrogen) atoms. The molecule has 1 heterocycles. The Morgan fingerprint density at radius 2 is 2.00 bits per heavy atom. The van der Waals surface area contributed by atoms with E-state index in [-0.39, 0.29) is 0 Å². The molecule has 3 heteroatoms. The van der Waals surface area contributed by atoms with E-state index in [4.69, 9.17) is 5.73 Å². The number of hydrogen-bond acceptors (Lipinski definition) is 3. The van der Waals surface area contributed by atoms with Gasteiger partial charge in [-0.1, -0.05) is 12.8 Å². The quantitative estimate of drug-likeness (QED) is 0.757. The molecule has 0 radical (unpaired) electrons. The molecule has 0 aromatic carbocycles. The van der Waals surface area contributed by atoms with E-state index in [0.29, 0.717) is 17.9 Å². The molecule has 3 nitrogen and oxygen atoms in total. The van der Waals surface area contributed by atoms with Crippen LogP contribution in [-0.4, -0.2) is 42.8 Å². The molecule has 3 N–H and O–H groups in total. The second-order valence-electron chi connectivity index (χ2n) is 5.84. The zero-order valence-corrected chi connectivity index (χ0v) is 10.3. The lowest BCUT2D eigenvalue weighted by atomic mass is 9.84. The van der Waals surface area contributed by atoms with Gasteiger partial charge in [0.05, 0.1) is 0 Å². The van der Waals surface area contributed by atoms with Crippen molar-refractivity contribution in [3.8, 4) is 0 Å². The van der Waals surface area contributed by atoms with Crippen LogP contribution in [0, 0.1) is 11.3 Å². The van der Waals surface area contributed by atoms with E-state index >= 15 is 0 Å². The van der Waals surface area contributed by atoms with Crippen molar-refractivity contribution in [3.63, 3.8) is 0 Å². The highest BCUT2D eigenvalue weighted by Crippen LogP contribution is 2.38. The first kappa shape index (κ1) is 12.3. The highest BCUT2D eigenvalue weighted by Gasteiger charge is 2.35. The highest BCUT2D eigenvalue weighted by molar-refractivity contribution is 4.89. The summed E-state index contributed by atoms with van der Waals surface area (Å²) in [5.41, 5.74) is 6.38. The van der Waals surface area contributed by atoms with Gasteiger partial charge in [-0.05, 0) is 50.1 Å². The zero-order valence-electron chi connectivity index (χ0n) is 10.3. The van der Waals surface area contributed by atoms with E-state index in [0.717, 1.165) is 13.1 Å². The maximum absolute atomic E-state index is 9.24. The summed E-state index contributed by atoms with van der Waals surface area (Å²) < 4.78 is 0. The SMILES string of the molecule is NCC1(CN2CCCC(CO)C2)CCCC1. The van der Waals surface area contributed by atoms with Crippen LogP contribution in [0.4, 0.5) is 0 Å². The van der Waals surface area contributed by atoms with Gasteiger partial charge < -0.3 is 15.7 Å². The largest absolute Gasteiger partial charge is 0.396 e. The van der Waals surface area contributed by atoms with Crippen LogP contribution >= 0.6 is 0 Å². The van der Waals surface area contributed by atoms with E-state index in [1.165, 1.54) is 51.6 Å². The van der Waals surface area contributed by atoms with Crippen molar-refractivity contribution in [2.24, 2.45) is 17.1 Å². The lowest BCUT2D eigenvalue weighted by Crippen LogP contribution is -2.45. The number of hydrogen-bond donors (Lipinski definition) is 2. The topological polar surface area (TPSA) is 49.5 Å². The van der Waals surface area contributed by atoms with Gasteiger partial charge in [-0.25, -0.2) is 0 Å². The van der Waals surface area contributed by atoms with E-state index in [9.17, 15) is 5.11 Å². The second kappa shape index (κ2) is 5.48. The number of nitrogens with zero attached hydrogens (tertiary/aromatic N) is 1. The average molecular weight is 226 g/mol. The number of aliphatic hydroxyl groups is 1. The first-order valence-corrected chi connectivity index (χ1v) is 6.81. The van der Waals surface area contributed by atoms with Crippen LogP contribution in [0.2, 0.25) is 0 Å². The van der Waals surface area contributed by atoms with Gasteiger partial charge in [0.15, 0.2) is 0 Å². The monoisotopic (exact) mass is 226 g/mol. The summed E-state index contributed by atoms with van der Waals surface area (Å²) in [7, 11) is 0. The number of piperidine rings is 1. The van der Waals surface area contributed by atoms with Crippen molar-refractivity contribution >= 4 is 0 Å². The van der Waals surface area contributed by atoms with Gasteiger partial charge in [-0.15, -0.1) is 0 Å². The van der Waals surface area contributed by atoms with Gasteiger partial charge in [-0.2, -0.15) is 0 Å². The van der Waals surface area contributed by atoms with Crippen molar-refractivity contribution < 1.29 is 5.11 Å². The predicted molar refractivity (Wildman–Crippen MR) is 66.2 cm³/mol. The third-order valence-electron chi connectivity index (χ3n) is 4.52. The van der Waals surface area contributed by atoms with E-state index < -0.39 is 0 Å². The molecule has 1 saturated heterocycles. The Morgan fingerprint density at radius 1 is 1.25 bits per heavy atom. The normalized spacial score (nSPS) is 30.8. The molecule has 1 saturated carbocycles. The first-order chi connectivity index (χ1) is 7.78. The molecule has 1 aliphatic heterocycles. The summed E-state index contributed by atoms with van der Waals surface area (Å²) in [5.74, 6) is 0.505. The minimum Gasteiger partial charge on any atom is -0.396 e. The molecule has 0 bridgehead atoms. The average Bonchev–Trinajstić information content (AvgIpc) is 2.78. The van der Waals surface area contributed by atoms with Gasteiger partial charge in [0, 0.05) is 19.7 Å². The van der Waals surface area contributed by atoms with Crippen LogP contribution < -0.4 is 5.73 Å². The van der Waals surface area contributed by atoms with Crippen LogP contribution in [0.3, 0.4) is 0 Å². The molecule has 0 aromatic heterocycles. The van der Waals surface area contributed by atoms with Gasteiger partial charge in [-0.3, -0.25) is 0 Å². The lowest BCUT2D eigenvalue weighted by Gasteiger charge is -2.38. The Morgan fingerprint density at radius 3 is 2.62 bits per heavy atom. The minimum atomic E-state index is 0.353. The predicted octanol–water partition coefficient (Wildman–Crippen LogP) is 1.21. The van der Waals surface area contributed by atoms with Crippen LogP contribution in [0.25, 0.3) is 0 Å². The second-order valence-corrected chi connectivity index (χ2v) is 5.84. The Kier molecular flexibility index (Phi) is 4.22. The molecule has 0 amide bonds. The number of aliphatic hydroxyl groups excluding tert-OH is 1. The molecule has 2 rings (SSSR count). The summed E-state index contributed by atoms with van der Waals surface area (Å²) in [6.07, 6.45) is 7.77. The highest BCUT2D eigenvalue weighted by atomic mass is 16.3. The molecule has 1 atom stereocenters. The van der Waals surface area contributed by atoms with E-state index in [1.807, 2.05) is 0 Å². The van der Waals surface area contributed by atoms with Crippen LogP contribution in [0.1, 0.15) is 38.5 Å². The number of nitrogens with two attached hydrogens (primary N) is 1. The molecule has 94 valence electrons. The maximum atomic E-state index is 9.24. The van der Waals surface area contributed by atoms with Gasteiger partial charge >= 0.3 is 0 Å². The minimum absolute atomic E-state index is 0.353. The summed E-state index contributed by atoms with van der Waals surface area (Å²) in [5, 5.41) is 9.24. The standard InChI is InChI=1S/C13H26N2O/c14-10-13(5-1-2-6-13)11-15-7-3-4-12(8-15)9-16/h12,16H,1-11,14H2. The zero-order chi connectivity index (χ0) is 11.4. The van der Waals surface area contributed by atoms with Crippen LogP contribution in [0.5, 0.6) is 0 Å². The summed E-state index contributed by atoms with van der Waals surface area (Å²) >= 11 is 0. The Balaban J connectivity index is 1.87. The third-order valence-corrected chi connectivity index (χ3v) is 4.52. The van der Waals surface area contributed by atoms with Crippen molar-refractivity contribution in [3.05, 3.63) is 0 Å². The van der Waals surface area contributed by atoms with Crippen LogP contribution in [-0.2, 0) is 0 Å². The molecule has 0 aromatic rings. The van der Waals surface area contributed by atoms with E-state index in [2.05, 4.69) is 4.90 Å².